The molecule has 0 saturated heterocycles. The van der Waals surface area contributed by atoms with E-state index in [0.29, 0.717) is 5.69 Å². The van der Waals surface area contributed by atoms with Gasteiger partial charge in [-0.2, -0.15) is 0 Å². The Morgan fingerprint density at radius 2 is 1.88 bits per heavy atom. The Labute approximate surface area is 152 Å². The highest BCUT2D eigenvalue weighted by Gasteiger charge is 2.14. The molecule has 0 amide bonds. The van der Waals surface area contributed by atoms with Crippen LogP contribution in [0.15, 0.2) is 59.3 Å². The molecule has 2 heterocycles. The van der Waals surface area contributed by atoms with Gasteiger partial charge in [-0.15, -0.1) is 0 Å². The van der Waals surface area contributed by atoms with Crippen LogP contribution in [0.2, 0.25) is 0 Å². The molecule has 1 N–H and O–H groups in total. The maximum Gasteiger partial charge on any atom is 0.229 e. The lowest BCUT2D eigenvalue weighted by molar-refractivity contribution is 0.606. The van der Waals surface area contributed by atoms with E-state index in [1.807, 2.05) is 30.3 Å². The molecule has 0 unspecified atom stereocenters. The molecule has 26 heavy (non-hydrogen) atoms. The molecule has 0 saturated carbocycles. The zero-order chi connectivity index (χ0) is 18.5. The molecule has 0 aliphatic rings. The van der Waals surface area contributed by atoms with Gasteiger partial charge in [0.25, 0.3) is 0 Å². The van der Waals surface area contributed by atoms with Crippen LogP contribution in [0.1, 0.15) is 19.9 Å². The van der Waals surface area contributed by atoms with Gasteiger partial charge in [0.05, 0.1) is 23.7 Å². The first-order valence-electron chi connectivity index (χ1n) is 8.42. The van der Waals surface area contributed by atoms with Gasteiger partial charge in [0, 0.05) is 28.6 Å². The summed E-state index contributed by atoms with van der Waals surface area (Å²) >= 11 is 0. The van der Waals surface area contributed by atoms with Crippen LogP contribution < -0.4 is 4.72 Å². The number of hydrogen-bond acceptors (Lipinski definition) is 3. The molecular formula is C20H20N2O3S. The van der Waals surface area contributed by atoms with Crippen molar-refractivity contribution in [1.29, 1.82) is 0 Å². The Kier molecular flexibility index (Phi) is 3.80. The van der Waals surface area contributed by atoms with Crippen molar-refractivity contribution in [3.63, 3.8) is 0 Å². The number of fused-ring (bicyclic) bond motifs is 2. The van der Waals surface area contributed by atoms with Gasteiger partial charge in [-0.1, -0.05) is 18.2 Å². The van der Waals surface area contributed by atoms with E-state index in [4.69, 9.17) is 4.42 Å². The number of hydrogen-bond donors (Lipinski definition) is 1. The van der Waals surface area contributed by atoms with Crippen LogP contribution in [-0.4, -0.2) is 19.2 Å². The quantitative estimate of drug-likeness (QED) is 0.551. The maximum absolute atomic E-state index is 11.6. The number of benzene rings is 2. The smallest absolute Gasteiger partial charge is 0.229 e. The highest BCUT2D eigenvalue weighted by molar-refractivity contribution is 7.92. The van der Waals surface area contributed by atoms with Crippen molar-refractivity contribution in [1.82, 2.24) is 4.57 Å². The Balaban J connectivity index is 1.92. The van der Waals surface area contributed by atoms with Gasteiger partial charge in [-0.25, -0.2) is 8.42 Å². The predicted molar refractivity (Wildman–Crippen MR) is 106 cm³/mol. The lowest BCUT2D eigenvalue weighted by atomic mass is 10.0. The van der Waals surface area contributed by atoms with Crippen LogP contribution in [0.5, 0.6) is 0 Å². The minimum Gasteiger partial charge on any atom is -0.464 e. The standard InChI is InChI=1S/C20H20N2O3S/c1-13(2)22-12-18(15-5-4-14-8-9-25-20(14)10-15)17-7-6-16(11-19(17)22)21-26(3,23)24/h4-13,21H,1-3H3. The van der Waals surface area contributed by atoms with E-state index in [2.05, 4.69) is 35.4 Å². The van der Waals surface area contributed by atoms with E-state index in [0.717, 1.165) is 39.3 Å². The molecule has 0 radical (unpaired) electrons. The van der Waals surface area contributed by atoms with Crippen LogP contribution in [0.4, 0.5) is 5.69 Å². The number of nitrogens with one attached hydrogen (secondary N) is 1. The molecule has 2 aromatic carbocycles. The Morgan fingerprint density at radius 3 is 2.62 bits per heavy atom. The van der Waals surface area contributed by atoms with Crippen molar-refractivity contribution in [2.24, 2.45) is 0 Å². The minimum atomic E-state index is -3.31. The largest absolute Gasteiger partial charge is 0.464 e. The molecule has 2 aromatic heterocycles. The summed E-state index contributed by atoms with van der Waals surface area (Å²) in [6, 6.07) is 14.0. The lowest BCUT2D eigenvalue weighted by Crippen LogP contribution is -2.09. The van der Waals surface area contributed by atoms with Crippen LogP contribution in [0.25, 0.3) is 33.0 Å². The van der Waals surface area contributed by atoms with Crippen molar-refractivity contribution in [2.45, 2.75) is 19.9 Å². The average molecular weight is 368 g/mol. The maximum atomic E-state index is 11.6. The summed E-state index contributed by atoms with van der Waals surface area (Å²) in [6.07, 6.45) is 4.96. The zero-order valence-electron chi connectivity index (χ0n) is 14.9. The van der Waals surface area contributed by atoms with Gasteiger partial charge < -0.3 is 8.98 Å². The summed E-state index contributed by atoms with van der Waals surface area (Å²) in [5, 5.41) is 2.14. The molecule has 0 aliphatic heterocycles. The fraction of sp³-hybridized carbons (Fsp3) is 0.200. The van der Waals surface area contributed by atoms with Crippen LogP contribution in [0.3, 0.4) is 0 Å². The molecule has 4 aromatic rings. The first-order chi connectivity index (χ1) is 12.3. The summed E-state index contributed by atoms with van der Waals surface area (Å²) in [4.78, 5) is 0. The van der Waals surface area contributed by atoms with Gasteiger partial charge in [0.2, 0.25) is 10.0 Å². The molecule has 6 heteroatoms. The molecule has 0 fully saturated rings. The molecule has 0 atom stereocenters. The van der Waals surface area contributed by atoms with Crippen molar-refractivity contribution < 1.29 is 12.8 Å². The predicted octanol–water partition coefficient (Wildman–Crippen LogP) is 5.01. The third-order valence-electron chi connectivity index (χ3n) is 4.46. The van der Waals surface area contributed by atoms with E-state index in [1.54, 1.807) is 12.3 Å². The number of anilines is 1. The Morgan fingerprint density at radius 1 is 1.08 bits per heavy atom. The molecule has 5 nitrogen and oxygen atoms in total. The summed E-state index contributed by atoms with van der Waals surface area (Å²) in [6.45, 7) is 4.21. The minimum absolute atomic E-state index is 0.243. The average Bonchev–Trinajstić information content (AvgIpc) is 3.16. The van der Waals surface area contributed by atoms with E-state index in [-0.39, 0.29) is 6.04 Å². The molecule has 4 rings (SSSR count). The Bertz CT molecular complexity index is 1220. The van der Waals surface area contributed by atoms with Gasteiger partial charge in [0.1, 0.15) is 5.58 Å². The molecule has 0 bridgehead atoms. The summed E-state index contributed by atoms with van der Waals surface area (Å²) in [5.41, 5.74) is 4.57. The first kappa shape index (κ1) is 16.7. The lowest BCUT2D eigenvalue weighted by Gasteiger charge is -2.10. The zero-order valence-corrected chi connectivity index (χ0v) is 15.7. The van der Waals surface area contributed by atoms with E-state index in [9.17, 15) is 8.42 Å². The van der Waals surface area contributed by atoms with Crippen molar-refractivity contribution >= 4 is 37.6 Å². The Hall–Kier alpha value is -2.73. The van der Waals surface area contributed by atoms with Gasteiger partial charge >= 0.3 is 0 Å². The molecule has 134 valence electrons. The van der Waals surface area contributed by atoms with Crippen LogP contribution >= 0.6 is 0 Å². The fourth-order valence-corrected chi connectivity index (χ4v) is 3.86. The molecule has 0 spiro atoms. The summed E-state index contributed by atoms with van der Waals surface area (Å²) in [5.74, 6) is 0. The highest BCUT2D eigenvalue weighted by Crippen LogP contribution is 2.35. The van der Waals surface area contributed by atoms with Crippen LogP contribution in [-0.2, 0) is 10.0 Å². The van der Waals surface area contributed by atoms with Gasteiger partial charge in [-0.05, 0) is 43.7 Å². The van der Waals surface area contributed by atoms with Gasteiger partial charge in [-0.3, -0.25) is 4.72 Å². The number of sulfonamides is 1. The van der Waals surface area contributed by atoms with Crippen molar-refractivity contribution in [3.8, 4) is 11.1 Å². The summed E-state index contributed by atoms with van der Waals surface area (Å²) < 4.78 is 33.4. The second kappa shape index (κ2) is 5.92. The molecular weight excluding hydrogens is 348 g/mol. The normalized spacial score (nSPS) is 12.3. The second-order valence-electron chi connectivity index (χ2n) is 6.82. The third kappa shape index (κ3) is 2.97. The van der Waals surface area contributed by atoms with E-state index < -0.39 is 10.0 Å². The van der Waals surface area contributed by atoms with E-state index >= 15 is 0 Å². The number of rotatable bonds is 4. The highest BCUT2D eigenvalue weighted by atomic mass is 32.2. The topological polar surface area (TPSA) is 64.2 Å². The van der Waals surface area contributed by atoms with Gasteiger partial charge in [0.15, 0.2) is 0 Å². The SMILES string of the molecule is CC(C)n1cc(-c2ccc3ccoc3c2)c2ccc(NS(C)(=O)=O)cc21. The van der Waals surface area contributed by atoms with Crippen molar-refractivity contribution in [2.75, 3.05) is 11.0 Å². The first-order valence-corrected chi connectivity index (χ1v) is 10.3. The second-order valence-corrected chi connectivity index (χ2v) is 8.57. The molecule has 0 aliphatic carbocycles. The fourth-order valence-electron chi connectivity index (χ4n) is 3.31. The summed E-state index contributed by atoms with van der Waals surface area (Å²) in [7, 11) is -3.31. The monoisotopic (exact) mass is 368 g/mol. The number of aromatic nitrogens is 1. The number of nitrogens with zero attached hydrogens (tertiary/aromatic N) is 1. The van der Waals surface area contributed by atoms with Crippen molar-refractivity contribution in [3.05, 3.63) is 54.9 Å². The third-order valence-corrected chi connectivity index (χ3v) is 5.07. The van der Waals surface area contributed by atoms with E-state index in [1.165, 1.54) is 0 Å². The van der Waals surface area contributed by atoms with Crippen LogP contribution in [0, 0.1) is 0 Å². The number of furan rings is 1.